The summed E-state index contributed by atoms with van der Waals surface area (Å²) in [4.78, 5) is 34.0. The number of carbonyl (C=O) groups excluding carboxylic acids is 1. The molecule has 0 saturated carbocycles. The molecule has 0 spiro atoms. The number of hydrogen-bond donors (Lipinski definition) is 3. The van der Waals surface area contributed by atoms with Crippen LogP contribution in [0.5, 0.6) is 5.88 Å². The average Bonchev–Trinajstić information content (AvgIpc) is 3.68. The molecule has 1 amide bonds. The van der Waals surface area contributed by atoms with Crippen molar-refractivity contribution in [3.63, 3.8) is 0 Å². The SMILES string of the molecule is COc1nc(-c2cccc(-c3ccnc(-c4cc5c(=O)n(C)c(CNC(C)C)nn5c4)c3Cl)c2Cl)ccc1CNCC1CCC(=O)N1. The second kappa shape index (κ2) is 13.8. The number of nitrogens with zero attached hydrogens (tertiary/aromatic N) is 5. The highest BCUT2D eigenvalue weighted by atomic mass is 35.5. The van der Waals surface area contributed by atoms with Gasteiger partial charge in [-0.2, -0.15) is 5.10 Å². The molecule has 1 aromatic carbocycles. The van der Waals surface area contributed by atoms with Gasteiger partial charge in [0.15, 0.2) is 0 Å². The van der Waals surface area contributed by atoms with Crippen molar-refractivity contribution in [1.29, 1.82) is 0 Å². The maximum atomic E-state index is 13.2. The fourth-order valence-corrected chi connectivity index (χ4v) is 6.33. The van der Waals surface area contributed by atoms with E-state index in [4.69, 9.17) is 32.9 Å². The third-order valence-electron chi connectivity index (χ3n) is 8.25. The van der Waals surface area contributed by atoms with Crippen LogP contribution in [0.3, 0.4) is 0 Å². The molecule has 244 valence electrons. The van der Waals surface area contributed by atoms with Crippen molar-refractivity contribution in [2.45, 2.75) is 51.9 Å². The quantitative estimate of drug-likeness (QED) is 0.179. The molecule has 1 atom stereocenters. The first-order chi connectivity index (χ1) is 22.6. The van der Waals surface area contributed by atoms with E-state index in [9.17, 15) is 9.59 Å². The van der Waals surface area contributed by atoms with E-state index in [1.807, 2.05) is 50.2 Å². The van der Waals surface area contributed by atoms with Gasteiger partial charge in [0.1, 0.15) is 11.3 Å². The summed E-state index contributed by atoms with van der Waals surface area (Å²) in [7, 11) is 3.30. The predicted octanol–water partition coefficient (Wildman–Crippen LogP) is 5.01. The Kier molecular flexibility index (Phi) is 9.60. The van der Waals surface area contributed by atoms with Crippen molar-refractivity contribution in [2.75, 3.05) is 13.7 Å². The van der Waals surface area contributed by atoms with Crippen molar-refractivity contribution < 1.29 is 9.53 Å². The largest absolute Gasteiger partial charge is 0.481 e. The Labute approximate surface area is 282 Å². The van der Waals surface area contributed by atoms with Gasteiger partial charge in [-0.3, -0.25) is 19.1 Å². The zero-order chi connectivity index (χ0) is 33.2. The Hall–Kier alpha value is -4.29. The van der Waals surface area contributed by atoms with Gasteiger partial charge in [0.05, 0.1) is 35.1 Å². The summed E-state index contributed by atoms with van der Waals surface area (Å²) in [5.74, 6) is 1.19. The van der Waals surface area contributed by atoms with Gasteiger partial charge in [0, 0.05) is 78.9 Å². The molecule has 11 nitrogen and oxygen atoms in total. The Morgan fingerprint density at radius 1 is 1.06 bits per heavy atom. The third-order valence-corrected chi connectivity index (χ3v) is 9.04. The molecule has 0 aliphatic carbocycles. The fourth-order valence-electron chi connectivity index (χ4n) is 5.69. The molecule has 1 aliphatic heterocycles. The van der Waals surface area contributed by atoms with E-state index in [1.54, 1.807) is 41.7 Å². The number of rotatable bonds is 11. The van der Waals surface area contributed by atoms with Crippen molar-refractivity contribution in [3.05, 3.63) is 86.6 Å². The molecule has 1 saturated heterocycles. The topological polar surface area (TPSA) is 127 Å². The zero-order valence-corrected chi connectivity index (χ0v) is 28.1. The summed E-state index contributed by atoms with van der Waals surface area (Å²) in [6, 6.07) is 13.5. The number of aromatic nitrogens is 5. The second-order valence-electron chi connectivity index (χ2n) is 11.9. The zero-order valence-electron chi connectivity index (χ0n) is 26.6. The van der Waals surface area contributed by atoms with Gasteiger partial charge in [0.2, 0.25) is 11.8 Å². The van der Waals surface area contributed by atoms with Crippen LogP contribution in [0.25, 0.3) is 39.2 Å². The highest BCUT2D eigenvalue weighted by Gasteiger charge is 2.21. The third kappa shape index (κ3) is 6.75. The van der Waals surface area contributed by atoms with Crippen LogP contribution in [0.4, 0.5) is 0 Å². The maximum absolute atomic E-state index is 13.2. The van der Waals surface area contributed by atoms with Crippen LogP contribution in [0, 0.1) is 0 Å². The molecule has 5 aromatic rings. The summed E-state index contributed by atoms with van der Waals surface area (Å²) in [6.07, 6.45) is 4.83. The molecule has 47 heavy (non-hydrogen) atoms. The van der Waals surface area contributed by atoms with Gasteiger partial charge >= 0.3 is 0 Å². The Bertz CT molecular complexity index is 2020. The van der Waals surface area contributed by atoms with Crippen LogP contribution in [-0.2, 0) is 24.9 Å². The normalized spacial score (nSPS) is 14.7. The van der Waals surface area contributed by atoms with Crippen LogP contribution >= 0.6 is 23.2 Å². The first kappa shape index (κ1) is 32.6. The Morgan fingerprint density at radius 3 is 2.60 bits per heavy atom. The van der Waals surface area contributed by atoms with Crippen LogP contribution in [0.1, 0.15) is 38.1 Å². The number of pyridine rings is 2. The van der Waals surface area contributed by atoms with E-state index in [0.29, 0.717) is 81.4 Å². The number of benzene rings is 1. The summed E-state index contributed by atoms with van der Waals surface area (Å²) in [5.41, 5.74) is 5.08. The van der Waals surface area contributed by atoms with Gasteiger partial charge in [-0.05, 0) is 24.6 Å². The molecule has 13 heteroatoms. The molecule has 4 aromatic heterocycles. The first-order valence-corrected chi connectivity index (χ1v) is 16.2. The van der Waals surface area contributed by atoms with Gasteiger partial charge in [-0.15, -0.1) is 0 Å². The number of methoxy groups -OCH3 is 1. The molecule has 0 bridgehead atoms. The fraction of sp³-hybridized carbons (Fsp3) is 0.324. The number of amides is 1. The summed E-state index contributed by atoms with van der Waals surface area (Å²) in [6.45, 7) is 5.74. The van der Waals surface area contributed by atoms with E-state index in [1.165, 1.54) is 0 Å². The molecule has 6 rings (SSSR count). The lowest BCUT2D eigenvalue weighted by Gasteiger charge is -2.15. The number of halogens is 2. The molecule has 1 unspecified atom stereocenters. The van der Waals surface area contributed by atoms with E-state index in [-0.39, 0.29) is 23.6 Å². The van der Waals surface area contributed by atoms with Gasteiger partial charge in [0.25, 0.3) is 5.56 Å². The van der Waals surface area contributed by atoms with Crippen molar-refractivity contribution >= 4 is 34.6 Å². The number of fused-ring (bicyclic) bond motifs is 1. The van der Waals surface area contributed by atoms with Crippen LogP contribution in [0.2, 0.25) is 10.0 Å². The highest BCUT2D eigenvalue weighted by Crippen LogP contribution is 2.41. The summed E-state index contributed by atoms with van der Waals surface area (Å²) >= 11 is 14.1. The molecule has 3 N–H and O–H groups in total. The van der Waals surface area contributed by atoms with Crippen molar-refractivity contribution in [1.82, 2.24) is 40.1 Å². The minimum Gasteiger partial charge on any atom is -0.481 e. The summed E-state index contributed by atoms with van der Waals surface area (Å²) < 4.78 is 8.76. The molecular formula is C34H36Cl2N8O3. The smallest absolute Gasteiger partial charge is 0.277 e. The number of ether oxygens (including phenoxy) is 1. The van der Waals surface area contributed by atoms with Crippen LogP contribution < -0.4 is 26.2 Å². The second-order valence-corrected chi connectivity index (χ2v) is 12.6. The van der Waals surface area contributed by atoms with Gasteiger partial charge in [-0.1, -0.05) is 61.3 Å². The number of carbonyl (C=O) groups is 1. The van der Waals surface area contributed by atoms with E-state index in [0.717, 1.165) is 17.5 Å². The summed E-state index contributed by atoms with van der Waals surface area (Å²) in [5, 5.41) is 15.2. The lowest BCUT2D eigenvalue weighted by molar-refractivity contribution is -0.119. The highest BCUT2D eigenvalue weighted by molar-refractivity contribution is 6.39. The maximum Gasteiger partial charge on any atom is 0.277 e. The first-order valence-electron chi connectivity index (χ1n) is 15.4. The molecule has 0 radical (unpaired) electrons. The van der Waals surface area contributed by atoms with E-state index in [2.05, 4.69) is 26.0 Å². The Balaban J connectivity index is 1.29. The lowest BCUT2D eigenvalue weighted by atomic mass is 10.00. The van der Waals surface area contributed by atoms with Crippen molar-refractivity contribution in [3.8, 4) is 39.5 Å². The van der Waals surface area contributed by atoms with Gasteiger partial charge < -0.3 is 20.7 Å². The molecular weight excluding hydrogens is 639 g/mol. The Morgan fingerprint density at radius 2 is 1.85 bits per heavy atom. The predicted molar refractivity (Wildman–Crippen MR) is 184 cm³/mol. The number of hydrogen-bond acceptors (Lipinski definition) is 8. The van der Waals surface area contributed by atoms with E-state index >= 15 is 0 Å². The molecule has 1 aliphatic rings. The molecule has 5 heterocycles. The monoisotopic (exact) mass is 674 g/mol. The van der Waals surface area contributed by atoms with Crippen LogP contribution in [0.15, 0.2) is 59.7 Å². The lowest BCUT2D eigenvalue weighted by Crippen LogP contribution is -2.35. The molecule has 1 fully saturated rings. The van der Waals surface area contributed by atoms with Crippen LogP contribution in [-0.4, -0.2) is 55.8 Å². The average molecular weight is 676 g/mol. The number of nitrogens with one attached hydrogen (secondary N) is 3. The van der Waals surface area contributed by atoms with Crippen molar-refractivity contribution in [2.24, 2.45) is 7.05 Å². The minimum absolute atomic E-state index is 0.0932. The minimum atomic E-state index is -0.165. The van der Waals surface area contributed by atoms with E-state index < -0.39 is 0 Å². The van der Waals surface area contributed by atoms with Gasteiger partial charge in [-0.25, -0.2) is 9.50 Å². The standard InChI is InChI=1S/C34H36Cl2N8O3/c1-19(2)39-17-28-42-44-18-21(14-27(44)34(46)43(28)3)32-31(36)24(12-13-38-32)23-6-5-7-25(30(23)35)26-10-8-20(33(41-26)47-4)15-37-16-22-9-11-29(45)40-22/h5-8,10,12-14,18-19,22,37,39H,9,11,15-17H2,1-4H3,(H,40,45).